The van der Waals surface area contributed by atoms with E-state index in [0.29, 0.717) is 28.8 Å². The van der Waals surface area contributed by atoms with Crippen molar-refractivity contribution in [2.75, 3.05) is 18.9 Å². The third-order valence-electron chi connectivity index (χ3n) is 6.30. The Morgan fingerprint density at radius 3 is 2.48 bits per heavy atom. The minimum atomic E-state index is -0.940. The number of fused-ring (bicyclic) bond motifs is 1. The predicted molar refractivity (Wildman–Crippen MR) is 106 cm³/mol. The van der Waals surface area contributed by atoms with E-state index in [1.54, 1.807) is 18.2 Å². The van der Waals surface area contributed by atoms with Crippen molar-refractivity contribution in [1.29, 1.82) is 0 Å². The number of nitrogens with zero attached hydrogens (tertiary/aromatic N) is 1. The van der Waals surface area contributed by atoms with E-state index >= 15 is 0 Å². The van der Waals surface area contributed by atoms with Crippen LogP contribution in [0, 0.1) is 5.92 Å². The van der Waals surface area contributed by atoms with Gasteiger partial charge in [0.15, 0.2) is 0 Å². The summed E-state index contributed by atoms with van der Waals surface area (Å²) in [5, 5.41) is 8.91. The Kier molecular flexibility index (Phi) is 5.36. The average Bonchev–Trinajstić information content (AvgIpc) is 2.98. The molecule has 2 fully saturated rings. The van der Waals surface area contributed by atoms with E-state index in [1.807, 2.05) is 7.05 Å². The zero-order valence-electron chi connectivity index (χ0n) is 16.5. The molecule has 1 saturated carbocycles. The Balaban J connectivity index is 1.49. The maximum Gasteiger partial charge on any atom is 0.264 e. The maximum atomic E-state index is 13.1. The van der Waals surface area contributed by atoms with Gasteiger partial charge in [0, 0.05) is 24.7 Å². The quantitative estimate of drug-likeness (QED) is 0.645. The number of rotatable bonds is 5. The van der Waals surface area contributed by atoms with Crippen molar-refractivity contribution in [3.63, 3.8) is 0 Å². The zero-order valence-corrected chi connectivity index (χ0v) is 16.5. The molecular weight excluding hydrogens is 372 g/mol. The van der Waals surface area contributed by atoms with Crippen LogP contribution in [0.3, 0.4) is 0 Å². The number of hydrogen-bond acceptors (Lipinski definition) is 6. The number of carbonyl (C=O) groups is 4. The summed E-state index contributed by atoms with van der Waals surface area (Å²) in [6.07, 6.45) is 4.77. The average molecular weight is 398 g/mol. The highest BCUT2D eigenvalue weighted by atomic mass is 16.2. The number of amides is 4. The fourth-order valence-corrected chi connectivity index (χ4v) is 4.57. The van der Waals surface area contributed by atoms with Crippen LogP contribution >= 0.6 is 0 Å². The van der Waals surface area contributed by atoms with Crippen molar-refractivity contribution in [1.82, 2.24) is 15.5 Å². The Morgan fingerprint density at radius 1 is 1.03 bits per heavy atom. The van der Waals surface area contributed by atoms with E-state index in [2.05, 4.69) is 16.0 Å². The number of benzene rings is 1. The molecule has 8 heteroatoms. The van der Waals surface area contributed by atoms with Crippen LogP contribution in [0.15, 0.2) is 18.2 Å². The largest absolute Gasteiger partial charge is 0.384 e. The van der Waals surface area contributed by atoms with Crippen LogP contribution in [0.5, 0.6) is 0 Å². The maximum absolute atomic E-state index is 13.1. The lowest BCUT2D eigenvalue weighted by atomic mass is 9.86. The van der Waals surface area contributed by atoms with Crippen molar-refractivity contribution in [3.05, 3.63) is 29.3 Å². The molecule has 0 spiro atoms. The molecule has 1 aliphatic carbocycles. The van der Waals surface area contributed by atoms with Crippen LogP contribution < -0.4 is 16.0 Å². The van der Waals surface area contributed by atoms with Crippen molar-refractivity contribution < 1.29 is 19.2 Å². The van der Waals surface area contributed by atoms with Crippen LogP contribution in [0.25, 0.3) is 0 Å². The Bertz CT molecular complexity index is 860. The predicted octanol–water partition coefficient (Wildman–Crippen LogP) is 1.28. The van der Waals surface area contributed by atoms with E-state index in [1.165, 1.54) is 0 Å². The summed E-state index contributed by atoms with van der Waals surface area (Å²) in [6, 6.07) is 4.80. The molecule has 29 heavy (non-hydrogen) atoms. The first kappa shape index (κ1) is 19.6. The number of hydrogen-bond donors (Lipinski definition) is 3. The zero-order chi connectivity index (χ0) is 20.5. The van der Waals surface area contributed by atoms with E-state index in [-0.39, 0.29) is 18.7 Å². The van der Waals surface area contributed by atoms with Gasteiger partial charge in [-0.2, -0.15) is 0 Å². The molecule has 2 heterocycles. The fraction of sp³-hybridized carbons (Fsp3) is 0.524. The molecule has 2 aliphatic heterocycles. The van der Waals surface area contributed by atoms with Gasteiger partial charge >= 0.3 is 0 Å². The lowest BCUT2D eigenvalue weighted by Crippen LogP contribution is -2.54. The van der Waals surface area contributed by atoms with Crippen molar-refractivity contribution in [2.24, 2.45) is 5.92 Å². The van der Waals surface area contributed by atoms with Crippen molar-refractivity contribution in [3.8, 4) is 0 Å². The van der Waals surface area contributed by atoms with Crippen LogP contribution in [0.4, 0.5) is 5.69 Å². The summed E-state index contributed by atoms with van der Waals surface area (Å²) in [7, 11) is 1.99. The summed E-state index contributed by atoms with van der Waals surface area (Å²) >= 11 is 0. The fourth-order valence-electron chi connectivity index (χ4n) is 4.57. The second-order valence-electron chi connectivity index (χ2n) is 8.06. The number of imide groups is 2. The normalized spacial score (nSPS) is 27.1. The van der Waals surface area contributed by atoms with Gasteiger partial charge in [-0.05, 0) is 57.2 Å². The molecule has 1 aromatic rings. The van der Waals surface area contributed by atoms with Gasteiger partial charge in [0.2, 0.25) is 11.8 Å². The van der Waals surface area contributed by atoms with Gasteiger partial charge in [-0.1, -0.05) is 6.07 Å². The monoisotopic (exact) mass is 398 g/mol. The minimum absolute atomic E-state index is 0.115. The van der Waals surface area contributed by atoms with Gasteiger partial charge < -0.3 is 10.6 Å². The van der Waals surface area contributed by atoms with Gasteiger partial charge in [-0.3, -0.25) is 29.4 Å². The number of carbonyl (C=O) groups excluding carboxylic acids is 4. The van der Waals surface area contributed by atoms with Crippen LogP contribution in [0.2, 0.25) is 0 Å². The first-order chi connectivity index (χ1) is 14.0. The number of piperidine rings is 1. The summed E-state index contributed by atoms with van der Waals surface area (Å²) in [4.78, 5) is 50.6. The molecular formula is C21H26N4O4. The molecule has 1 atom stereocenters. The van der Waals surface area contributed by atoms with Gasteiger partial charge in [0.05, 0.1) is 11.1 Å². The van der Waals surface area contributed by atoms with Crippen molar-refractivity contribution >= 4 is 29.3 Å². The molecule has 1 unspecified atom stereocenters. The summed E-state index contributed by atoms with van der Waals surface area (Å²) < 4.78 is 0. The van der Waals surface area contributed by atoms with Crippen LogP contribution in [0.1, 0.15) is 59.2 Å². The lowest BCUT2D eigenvalue weighted by Gasteiger charge is -2.29. The Hall–Kier alpha value is -2.74. The number of anilines is 1. The molecule has 0 aromatic heterocycles. The third kappa shape index (κ3) is 3.64. The molecule has 4 amide bonds. The molecule has 3 aliphatic rings. The van der Waals surface area contributed by atoms with E-state index in [0.717, 1.165) is 37.1 Å². The summed E-state index contributed by atoms with van der Waals surface area (Å²) in [6.45, 7) is 0.743. The minimum Gasteiger partial charge on any atom is -0.384 e. The molecule has 3 N–H and O–H groups in total. The summed E-state index contributed by atoms with van der Waals surface area (Å²) in [5.74, 6) is -1.39. The second-order valence-corrected chi connectivity index (χ2v) is 8.06. The Labute approximate surface area is 169 Å². The van der Waals surface area contributed by atoms with Gasteiger partial charge in [-0.15, -0.1) is 0 Å². The topological polar surface area (TPSA) is 108 Å². The van der Waals surface area contributed by atoms with Crippen molar-refractivity contribution in [2.45, 2.75) is 50.6 Å². The molecule has 154 valence electrons. The lowest BCUT2D eigenvalue weighted by molar-refractivity contribution is -0.136. The summed E-state index contributed by atoms with van der Waals surface area (Å²) in [5.41, 5.74) is 1.26. The molecule has 0 radical (unpaired) electrons. The molecule has 8 nitrogen and oxygen atoms in total. The third-order valence-corrected chi connectivity index (χ3v) is 6.30. The SMILES string of the molecule is CNC1CCC(CNc2cccc3c2C(=O)N(C2CCC(=O)NC2=O)C3=O)CC1. The Morgan fingerprint density at radius 2 is 1.79 bits per heavy atom. The van der Waals surface area contributed by atoms with Gasteiger partial charge in [0.1, 0.15) is 6.04 Å². The van der Waals surface area contributed by atoms with Gasteiger partial charge in [-0.25, -0.2) is 0 Å². The molecule has 1 aromatic carbocycles. The number of nitrogens with one attached hydrogen (secondary N) is 3. The van der Waals surface area contributed by atoms with Gasteiger partial charge in [0.25, 0.3) is 11.8 Å². The highest BCUT2D eigenvalue weighted by Gasteiger charge is 2.45. The second kappa shape index (κ2) is 7.94. The smallest absolute Gasteiger partial charge is 0.264 e. The van der Waals surface area contributed by atoms with E-state index in [9.17, 15) is 19.2 Å². The standard InChI is InChI=1S/C21H26N4O4/c1-22-13-7-5-12(6-8-13)11-23-15-4-2-3-14-18(15)21(29)25(20(14)28)16-9-10-17(26)24-19(16)27/h2-4,12-13,16,22-23H,5-11H2,1H3,(H,24,26,27). The highest BCUT2D eigenvalue weighted by molar-refractivity contribution is 6.25. The molecule has 1 saturated heterocycles. The first-order valence-corrected chi connectivity index (χ1v) is 10.2. The molecule has 4 rings (SSSR count). The highest BCUT2D eigenvalue weighted by Crippen LogP contribution is 2.33. The van der Waals surface area contributed by atoms with Crippen LogP contribution in [-0.4, -0.2) is 54.2 Å². The van der Waals surface area contributed by atoms with E-state index < -0.39 is 23.8 Å². The molecule has 0 bridgehead atoms. The van der Waals surface area contributed by atoms with Crippen LogP contribution in [-0.2, 0) is 9.59 Å². The first-order valence-electron chi connectivity index (χ1n) is 10.2. The van der Waals surface area contributed by atoms with E-state index in [4.69, 9.17) is 0 Å².